The number of carbonyl (C=O) groups is 1. The van der Waals surface area contributed by atoms with Crippen LogP contribution in [0.15, 0.2) is 0 Å². The molecule has 1 saturated heterocycles. The molecule has 2 rings (SSSR count). The van der Waals surface area contributed by atoms with E-state index in [0.29, 0.717) is 17.9 Å². The summed E-state index contributed by atoms with van der Waals surface area (Å²) in [5, 5.41) is 0. The summed E-state index contributed by atoms with van der Waals surface area (Å²) in [6, 6.07) is 0.507. The molecule has 0 spiro atoms. The van der Waals surface area contributed by atoms with Gasteiger partial charge in [-0.3, -0.25) is 9.69 Å². The number of nitrogens with zero attached hydrogens (tertiary/aromatic N) is 2. The van der Waals surface area contributed by atoms with Gasteiger partial charge in [0, 0.05) is 45.2 Å². The molecule has 1 saturated carbocycles. The van der Waals surface area contributed by atoms with E-state index in [0.717, 1.165) is 39.1 Å². The molecule has 1 heterocycles. The first-order valence-electron chi connectivity index (χ1n) is 8.46. The number of amides is 1. The van der Waals surface area contributed by atoms with Crippen LogP contribution in [0.1, 0.15) is 51.9 Å². The van der Waals surface area contributed by atoms with Gasteiger partial charge >= 0.3 is 0 Å². The Balaban J connectivity index is 1.73. The molecule has 20 heavy (non-hydrogen) atoms. The highest BCUT2D eigenvalue weighted by Crippen LogP contribution is 2.28. The molecule has 0 aromatic carbocycles. The van der Waals surface area contributed by atoms with Gasteiger partial charge in [-0.2, -0.15) is 0 Å². The molecule has 1 amide bonds. The molecule has 4 nitrogen and oxygen atoms in total. The predicted molar refractivity (Wildman–Crippen MR) is 82.5 cm³/mol. The molecule has 0 aromatic heterocycles. The molecule has 0 bridgehead atoms. The molecular formula is C16H31N3O. The molecule has 4 heteroatoms. The Bertz CT molecular complexity index is 294. The minimum absolute atomic E-state index is 0.385. The number of rotatable bonds is 6. The third-order valence-electron chi connectivity index (χ3n) is 5.02. The van der Waals surface area contributed by atoms with E-state index < -0.39 is 0 Å². The second-order valence-corrected chi connectivity index (χ2v) is 6.45. The van der Waals surface area contributed by atoms with Crippen LogP contribution in [-0.2, 0) is 4.79 Å². The monoisotopic (exact) mass is 281 g/mol. The van der Waals surface area contributed by atoms with Crippen LogP contribution in [0.3, 0.4) is 0 Å². The van der Waals surface area contributed by atoms with Gasteiger partial charge in [0.1, 0.15) is 0 Å². The van der Waals surface area contributed by atoms with Crippen molar-refractivity contribution < 1.29 is 4.79 Å². The highest BCUT2D eigenvalue weighted by atomic mass is 16.2. The van der Waals surface area contributed by atoms with Crippen LogP contribution in [0.4, 0.5) is 0 Å². The summed E-state index contributed by atoms with van der Waals surface area (Å²) in [5.74, 6) is 1.05. The third-order valence-corrected chi connectivity index (χ3v) is 5.02. The summed E-state index contributed by atoms with van der Waals surface area (Å²) in [5.41, 5.74) is 5.87. The lowest BCUT2D eigenvalue weighted by molar-refractivity contribution is -0.134. The van der Waals surface area contributed by atoms with Gasteiger partial charge < -0.3 is 10.6 Å². The van der Waals surface area contributed by atoms with E-state index in [4.69, 9.17) is 5.73 Å². The average molecular weight is 281 g/mol. The minimum atomic E-state index is 0.385. The lowest BCUT2D eigenvalue weighted by Crippen LogP contribution is -2.53. The molecule has 0 radical (unpaired) electrons. The van der Waals surface area contributed by atoms with Crippen molar-refractivity contribution in [1.82, 2.24) is 9.80 Å². The smallest absolute Gasteiger partial charge is 0.222 e. The van der Waals surface area contributed by atoms with E-state index >= 15 is 0 Å². The second kappa shape index (κ2) is 7.99. The minimum Gasteiger partial charge on any atom is -0.340 e. The molecule has 0 aromatic rings. The van der Waals surface area contributed by atoms with Crippen molar-refractivity contribution in [2.75, 3.05) is 32.7 Å². The topological polar surface area (TPSA) is 49.6 Å². The highest BCUT2D eigenvalue weighted by molar-refractivity contribution is 5.76. The van der Waals surface area contributed by atoms with E-state index in [9.17, 15) is 4.79 Å². The van der Waals surface area contributed by atoms with Crippen LogP contribution in [0.25, 0.3) is 0 Å². The van der Waals surface area contributed by atoms with Gasteiger partial charge in [-0.1, -0.05) is 26.2 Å². The Morgan fingerprint density at radius 3 is 2.40 bits per heavy atom. The van der Waals surface area contributed by atoms with E-state index in [1.807, 2.05) is 0 Å². The molecule has 1 unspecified atom stereocenters. The molecule has 116 valence electrons. The largest absolute Gasteiger partial charge is 0.340 e. The summed E-state index contributed by atoms with van der Waals surface area (Å²) >= 11 is 0. The van der Waals surface area contributed by atoms with Gasteiger partial charge in [-0.05, 0) is 25.2 Å². The van der Waals surface area contributed by atoms with Crippen molar-refractivity contribution in [3.8, 4) is 0 Å². The lowest BCUT2D eigenvalue weighted by Gasteiger charge is -2.39. The zero-order chi connectivity index (χ0) is 14.4. The fraction of sp³-hybridized carbons (Fsp3) is 0.938. The SMILES string of the molecule is CCCC(CN)N1CCN(C(=O)CC2CCCC2)CC1. The maximum Gasteiger partial charge on any atom is 0.222 e. The van der Waals surface area contributed by atoms with Gasteiger partial charge in [-0.25, -0.2) is 0 Å². The Morgan fingerprint density at radius 2 is 1.85 bits per heavy atom. The molecule has 1 aliphatic heterocycles. The van der Waals surface area contributed by atoms with Gasteiger partial charge in [0.2, 0.25) is 5.91 Å². The Hall–Kier alpha value is -0.610. The molecule has 2 N–H and O–H groups in total. The quantitative estimate of drug-likeness (QED) is 0.808. The predicted octanol–water partition coefficient (Wildman–Crippen LogP) is 1.84. The Kier molecular flexibility index (Phi) is 6.30. The van der Waals surface area contributed by atoms with E-state index in [-0.39, 0.29) is 0 Å². The number of hydrogen-bond acceptors (Lipinski definition) is 3. The summed E-state index contributed by atoms with van der Waals surface area (Å²) < 4.78 is 0. The Labute approximate surface area is 123 Å². The van der Waals surface area contributed by atoms with Crippen LogP contribution in [0, 0.1) is 5.92 Å². The zero-order valence-corrected chi connectivity index (χ0v) is 13.0. The van der Waals surface area contributed by atoms with Crippen LogP contribution < -0.4 is 5.73 Å². The van der Waals surface area contributed by atoms with Crippen LogP contribution in [0.5, 0.6) is 0 Å². The van der Waals surface area contributed by atoms with E-state index in [2.05, 4.69) is 16.7 Å². The molecule has 1 aliphatic carbocycles. The standard InChI is InChI=1S/C16H31N3O/c1-2-5-15(13-17)18-8-10-19(11-9-18)16(20)12-14-6-3-4-7-14/h14-15H,2-13,17H2,1H3. The van der Waals surface area contributed by atoms with Crippen molar-refractivity contribution in [2.24, 2.45) is 11.7 Å². The van der Waals surface area contributed by atoms with Crippen molar-refractivity contribution in [1.29, 1.82) is 0 Å². The second-order valence-electron chi connectivity index (χ2n) is 6.45. The van der Waals surface area contributed by atoms with E-state index in [1.165, 1.54) is 38.5 Å². The number of carbonyl (C=O) groups excluding carboxylic acids is 1. The number of hydrogen-bond donors (Lipinski definition) is 1. The number of nitrogens with two attached hydrogens (primary N) is 1. The van der Waals surface area contributed by atoms with Gasteiger partial charge in [0.25, 0.3) is 0 Å². The summed E-state index contributed by atoms with van der Waals surface area (Å²) in [4.78, 5) is 16.9. The normalized spacial score (nSPS) is 23.2. The van der Waals surface area contributed by atoms with Crippen molar-refractivity contribution in [3.63, 3.8) is 0 Å². The molecule has 1 atom stereocenters. The highest BCUT2D eigenvalue weighted by Gasteiger charge is 2.27. The number of piperazine rings is 1. The lowest BCUT2D eigenvalue weighted by atomic mass is 10.0. The molecule has 2 aliphatic rings. The Morgan fingerprint density at radius 1 is 1.20 bits per heavy atom. The first-order valence-corrected chi connectivity index (χ1v) is 8.46. The average Bonchev–Trinajstić information content (AvgIpc) is 2.98. The molecule has 2 fully saturated rings. The maximum atomic E-state index is 12.3. The van der Waals surface area contributed by atoms with Crippen LogP contribution in [0.2, 0.25) is 0 Å². The van der Waals surface area contributed by atoms with Crippen molar-refractivity contribution in [2.45, 2.75) is 57.9 Å². The van der Waals surface area contributed by atoms with Crippen molar-refractivity contribution in [3.05, 3.63) is 0 Å². The first-order chi connectivity index (χ1) is 9.74. The van der Waals surface area contributed by atoms with Crippen molar-refractivity contribution >= 4 is 5.91 Å². The summed E-state index contributed by atoms with van der Waals surface area (Å²) in [6.45, 7) is 6.74. The fourth-order valence-electron chi connectivity index (χ4n) is 3.71. The van der Waals surface area contributed by atoms with E-state index in [1.54, 1.807) is 0 Å². The first kappa shape index (κ1) is 15.8. The summed E-state index contributed by atoms with van der Waals surface area (Å²) in [6.07, 6.45) is 8.31. The fourth-order valence-corrected chi connectivity index (χ4v) is 3.71. The van der Waals surface area contributed by atoms with Crippen LogP contribution in [-0.4, -0.2) is 54.5 Å². The van der Waals surface area contributed by atoms with Crippen LogP contribution >= 0.6 is 0 Å². The molecular weight excluding hydrogens is 250 g/mol. The maximum absolute atomic E-state index is 12.3. The third kappa shape index (κ3) is 4.19. The van der Waals surface area contributed by atoms with Gasteiger partial charge in [0.15, 0.2) is 0 Å². The summed E-state index contributed by atoms with van der Waals surface area (Å²) in [7, 11) is 0. The zero-order valence-electron chi connectivity index (χ0n) is 13.0. The van der Waals surface area contributed by atoms with Gasteiger partial charge in [0.05, 0.1) is 0 Å². The van der Waals surface area contributed by atoms with Gasteiger partial charge in [-0.15, -0.1) is 0 Å².